The third-order valence-electron chi connectivity index (χ3n) is 3.45. The van der Waals surface area contributed by atoms with Crippen molar-refractivity contribution >= 4 is 17.3 Å². The Hall–Kier alpha value is -1.23. The van der Waals surface area contributed by atoms with Gasteiger partial charge in [-0.3, -0.25) is 14.4 Å². The molecule has 0 bridgehead atoms. The fourth-order valence-corrected chi connectivity index (χ4v) is 1.78. The summed E-state index contributed by atoms with van der Waals surface area (Å²) in [5.74, 6) is -3.54. The van der Waals surface area contributed by atoms with Gasteiger partial charge in [0.15, 0.2) is 28.6 Å². The highest BCUT2D eigenvalue weighted by atomic mass is 16.4. The number of aliphatic hydroxyl groups is 6. The molecule has 0 saturated carbocycles. The second kappa shape index (κ2) is 6.69. The Morgan fingerprint density at radius 1 is 0.952 bits per heavy atom. The number of Topliss-reactive ketones (excluding diaryl/α,β-unsaturated/α-hetero) is 3. The molecule has 1 unspecified atom stereocenters. The van der Waals surface area contributed by atoms with E-state index < -0.39 is 53.5 Å². The SMILES string of the molecule is CC(=O)C(O)[C@H](O)[C@](O)(C(C)=O)[C@H](O)[C@](O)(CO)C(C)=O. The predicted molar refractivity (Wildman–Crippen MR) is 67.0 cm³/mol. The van der Waals surface area contributed by atoms with Crippen molar-refractivity contribution in [3.05, 3.63) is 0 Å². The van der Waals surface area contributed by atoms with Crippen LogP contribution in [0.2, 0.25) is 0 Å². The van der Waals surface area contributed by atoms with E-state index in [4.69, 9.17) is 5.11 Å². The molecule has 122 valence electrons. The minimum Gasteiger partial charge on any atom is -0.393 e. The van der Waals surface area contributed by atoms with Crippen molar-refractivity contribution in [3.8, 4) is 0 Å². The molecule has 0 aliphatic heterocycles. The van der Waals surface area contributed by atoms with Crippen molar-refractivity contribution in [1.29, 1.82) is 0 Å². The zero-order valence-corrected chi connectivity index (χ0v) is 11.8. The maximum atomic E-state index is 11.6. The summed E-state index contributed by atoms with van der Waals surface area (Å²) in [6, 6.07) is 0. The molecular formula is C12H20O9. The van der Waals surface area contributed by atoms with E-state index in [2.05, 4.69) is 0 Å². The minimum atomic E-state index is -3.24. The zero-order chi connectivity index (χ0) is 17.2. The van der Waals surface area contributed by atoms with E-state index in [0.29, 0.717) is 6.92 Å². The summed E-state index contributed by atoms with van der Waals surface area (Å²) in [6.45, 7) is 0.969. The molecule has 0 rings (SSSR count). The number of carbonyl (C=O) groups excluding carboxylic acids is 3. The lowest BCUT2D eigenvalue weighted by atomic mass is 9.74. The Kier molecular flexibility index (Phi) is 6.30. The second-order valence-electron chi connectivity index (χ2n) is 4.92. The second-order valence-corrected chi connectivity index (χ2v) is 4.92. The number of hydrogen-bond acceptors (Lipinski definition) is 9. The van der Waals surface area contributed by atoms with Crippen LogP contribution in [0.1, 0.15) is 20.8 Å². The van der Waals surface area contributed by atoms with Crippen molar-refractivity contribution in [2.24, 2.45) is 0 Å². The summed E-state index contributed by atoms with van der Waals surface area (Å²) < 4.78 is 0. The van der Waals surface area contributed by atoms with Crippen molar-refractivity contribution in [2.45, 2.75) is 50.3 Å². The van der Waals surface area contributed by atoms with Crippen LogP contribution >= 0.6 is 0 Å². The number of rotatable bonds is 8. The molecule has 0 aromatic heterocycles. The Labute approximate surface area is 120 Å². The van der Waals surface area contributed by atoms with Crippen LogP contribution in [0, 0.1) is 0 Å². The molecule has 6 N–H and O–H groups in total. The number of ketones is 3. The molecule has 0 aromatic carbocycles. The van der Waals surface area contributed by atoms with Crippen LogP contribution in [0.25, 0.3) is 0 Å². The van der Waals surface area contributed by atoms with Crippen LogP contribution in [0.3, 0.4) is 0 Å². The lowest BCUT2D eigenvalue weighted by molar-refractivity contribution is -0.223. The quantitative estimate of drug-likeness (QED) is 0.264. The smallest absolute Gasteiger partial charge is 0.180 e. The molecule has 0 amide bonds. The summed E-state index contributed by atoms with van der Waals surface area (Å²) in [5.41, 5.74) is -6.20. The molecule has 0 spiro atoms. The van der Waals surface area contributed by atoms with Gasteiger partial charge in [-0.15, -0.1) is 0 Å². The van der Waals surface area contributed by atoms with Gasteiger partial charge in [-0.1, -0.05) is 0 Å². The van der Waals surface area contributed by atoms with E-state index in [1.807, 2.05) is 0 Å². The Balaban J connectivity index is 5.94. The fraction of sp³-hybridized carbons (Fsp3) is 0.750. The molecule has 0 aliphatic rings. The first-order valence-corrected chi connectivity index (χ1v) is 5.99. The monoisotopic (exact) mass is 308 g/mol. The van der Waals surface area contributed by atoms with Gasteiger partial charge in [0, 0.05) is 0 Å². The first-order valence-electron chi connectivity index (χ1n) is 5.99. The number of carbonyl (C=O) groups is 3. The largest absolute Gasteiger partial charge is 0.393 e. The van der Waals surface area contributed by atoms with Gasteiger partial charge in [0.2, 0.25) is 0 Å². The molecule has 0 fully saturated rings. The van der Waals surface area contributed by atoms with Gasteiger partial charge in [0.25, 0.3) is 0 Å². The van der Waals surface area contributed by atoms with Gasteiger partial charge in [0.05, 0.1) is 6.61 Å². The first kappa shape index (κ1) is 19.8. The van der Waals surface area contributed by atoms with Gasteiger partial charge in [0.1, 0.15) is 18.3 Å². The van der Waals surface area contributed by atoms with Gasteiger partial charge in [-0.05, 0) is 20.8 Å². The third-order valence-corrected chi connectivity index (χ3v) is 3.45. The average molecular weight is 308 g/mol. The van der Waals surface area contributed by atoms with Gasteiger partial charge in [-0.2, -0.15) is 0 Å². The average Bonchev–Trinajstić information content (AvgIpc) is 2.42. The van der Waals surface area contributed by atoms with E-state index in [9.17, 15) is 39.9 Å². The van der Waals surface area contributed by atoms with Gasteiger partial charge in [-0.25, -0.2) is 0 Å². The van der Waals surface area contributed by atoms with Crippen molar-refractivity contribution in [1.82, 2.24) is 0 Å². The van der Waals surface area contributed by atoms with Gasteiger partial charge < -0.3 is 30.6 Å². The summed E-state index contributed by atoms with van der Waals surface area (Å²) in [7, 11) is 0. The molecule has 0 aromatic rings. The van der Waals surface area contributed by atoms with E-state index in [1.165, 1.54) is 0 Å². The molecule has 0 radical (unpaired) electrons. The van der Waals surface area contributed by atoms with Crippen LogP contribution in [0.5, 0.6) is 0 Å². The van der Waals surface area contributed by atoms with Crippen molar-refractivity contribution in [2.75, 3.05) is 6.61 Å². The van der Waals surface area contributed by atoms with Gasteiger partial charge >= 0.3 is 0 Å². The molecule has 0 aliphatic carbocycles. The van der Waals surface area contributed by atoms with Crippen LogP contribution in [-0.2, 0) is 14.4 Å². The van der Waals surface area contributed by atoms with Crippen LogP contribution in [0.4, 0.5) is 0 Å². The van der Waals surface area contributed by atoms with Crippen LogP contribution in [0.15, 0.2) is 0 Å². The van der Waals surface area contributed by atoms with E-state index in [1.54, 1.807) is 0 Å². The maximum Gasteiger partial charge on any atom is 0.180 e. The topological polar surface area (TPSA) is 173 Å². The van der Waals surface area contributed by atoms with E-state index in [-0.39, 0.29) is 0 Å². The first-order chi connectivity index (χ1) is 9.37. The standard InChI is InChI=1S/C12H20O9/c1-5(14)8(17)9(18)12(21,7(3)16)10(19)11(20,4-13)6(2)15/h8-10,13,17-21H,4H2,1-3H3/t8?,9-,10+,11-,12+/m0/s1. The predicted octanol–water partition coefficient (Wildman–Crippen LogP) is -3.71. The Morgan fingerprint density at radius 3 is 1.62 bits per heavy atom. The maximum absolute atomic E-state index is 11.6. The highest BCUT2D eigenvalue weighted by Crippen LogP contribution is 2.28. The van der Waals surface area contributed by atoms with Crippen molar-refractivity contribution in [3.63, 3.8) is 0 Å². The lowest BCUT2D eigenvalue weighted by Crippen LogP contribution is -2.70. The molecule has 5 atom stereocenters. The molecule has 0 heterocycles. The number of aliphatic hydroxyl groups excluding tert-OH is 4. The third kappa shape index (κ3) is 3.34. The summed E-state index contributed by atoms with van der Waals surface area (Å²) in [6.07, 6.45) is -7.43. The van der Waals surface area contributed by atoms with E-state index >= 15 is 0 Å². The Morgan fingerprint density at radius 2 is 1.38 bits per heavy atom. The van der Waals surface area contributed by atoms with Crippen molar-refractivity contribution < 1.29 is 45.0 Å². The molecule has 9 nitrogen and oxygen atoms in total. The lowest BCUT2D eigenvalue weighted by Gasteiger charge is -2.42. The molecule has 0 saturated heterocycles. The van der Waals surface area contributed by atoms with E-state index in [0.717, 1.165) is 13.8 Å². The number of hydrogen-bond donors (Lipinski definition) is 6. The minimum absolute atomic E-state index is 0.706. The molecule has 9 heteroatoms. The normalized spacial score (nSPS) is 21.6. The van der Waals surface area contributed by atoms with Crippen LogP contribution < -0.4 is 0 Å². The van der Waals surface area contributed by atoms with Crippen LogP contribution in [-0.4, -0.2) is 84.1 Å². The summed E-state index contributed by atoms with van der Waals surface area (Å²) in [4.78, 5) is 33.9. The molecular weight excluding hydrogens is 288 g/mol. The highest BCUT2D eigenvalue weighted by Gasteiger charge is 2.59. The Bertz CT molecular complexity index is 434. The fourth-order valence-electron chi connectivity index (χ4n) is 1.78. The summed E-state index contributed by atoms with van der Waals surface area (Å²) >= 11 is 0. The zero-order valence-electron chi connectivity index (χ0n) is 11.8. The summed E-state index contributed by atoms with van der Waals surface area (Å²) in [5, 5.41) is 58.3. The molecule has 21 heavy (non-hydrogen) atoms. The highest BCUT2D eigenvalue weighted by molar-refractivity contribution is 5.92.